The van der Waals surface area contributed by atoms with Crippen LogP contribution in [0.1, 0.15) is 12.0 Å². The fraction of sp³-hybridized carbons (Fsp3) is 0.421. The van der Waals surface area contributed by atoms with Crippen LogP contribution < -0.4 is 5.32 Å². The lowest BCUT2D eigenvalue weighted by Crippen LogP contribution is -2.60. The van der Waals surface area contributed by atoms with E-state index in [-0.39, 0.29) is 23.7 Å². The van der Waals surface area contributed by atoms with Crippen molar-refractivity contribution in [2.45, 2.75) is 18.6 Å². The molecule has 1 N–H and O–H groups in total. The number of carbonyl (C=O) groups excluding carboxylic acids is 1. The van der Waals surface area contributed by atoms with Gasteiger partial charge in [0.05, 0.1) is 24.4 Å². The first-order chi connectivity index (χ1) is 13.6. The molecule has 2 amide bonds. The van der Waals surface area contributed by atoms with Gasteiger partial charge in [0.15, 0.2) is 5.82 Å². The molecule has 4 rings (SSSR count). The van der Waals surface area contributed by atoms with E-state index >= 15 is 0 Å². The Morgan fingerprint density at radius 1 is 1.39 bits per heavy atom. The van der Waals surface area contributed by atoms with E-state index in [4.69, 9.17) is 4.74 Å². The minimum absolute atomic E-state index is 0.0918. The van der Waals surface area contributed by atoms with Crippen molar-refractivity contribution in [1.82, 2.24) is 19.6 Å². The van der Waals surface area contributed by atoms with E-state index in [0.717, 1.165) is 19.6 Å². The number of hydrogen-bond donors (Lipinski definition) is 1. The molecule has 2 fully saturated rings. The van der Waals surface area contributed by atoms with Gasteiger partial charge in [0.25, 0.3) is 0 Å². The van der Waals surface area contributed by atoms with Crippen LogP contribution in [0.4, 0.5) is 15.0 Å². The molecule has 9 heteroatoms. The summed E-state index contributed by atoms with van der Waals surface area (Å²) >= 11 is 0. The van der Waals surface area contributed by atoms with Gasteiger partial charge in [0.2, 0.25) is 0 Å². The van der Waals surface area contributed by atoms with Gasteiger partial charge in [-0.15, -0.1) is 5.10 Å². The minimum atomic E-state index is -0.609. The van der Waals surface area contributed by atoms with Crippen molar-refractivity contribution in [3.05, 3.63) is 41.8 Å². The zero-order valence-electron chi connectivity index (χ0n) is 15.5. The summed E-state index contributed by atoms with van der Waals surface area (Å²) in [6, 6.07) is 7.76. The molecule has 0 aliphatic carbocycles. The van der Waals surface area contributed by atoms with Crippen molar-refractivity contribution in [2.24, 2.45) is 0 Å². The number of nitrogens with one attached hydrogen (secondary N) is 1. The zero-order chi connectivity index (χ0) is 19.7. The third-order valence-electron chi connectivity index (χ3n) is 5.32. The van der Waals surface area contributed by atoms with Crippen LogP contribution in [0.25, 0.3) is 5.69 Å². The number of nitriles is 1. The summed E-state index contributed by atoms with van der Waals surface area (Å²) in [4.78, 5) is 16.7. The van der Waals surface area contributed by atoms with Gasteiger partial charge >= 0.3 is 6.03 Å². The predicted molar refractivity (Wildman–Crippen MR) is 99.6 cm³/mol. The number of hydrogen-bond acceptors (Lipinski definition) is 5. The Labute approximate surface area is 162 Å². The fourth-order valence-corrected chi connectivity index (χ4v) is 3.75. The average Bonchev–Trinajstić information content (AvgIpc) is 3.16. The van der Waals surface area contributed by atoms with Crippen molar-refractivity contribution < 1.29 is 13.9 Å². The summed E-state index contributed by atoms with van der Waals surface area (Å²) in [5, 5.41) is 16.2. The molecule has 0 radical (unpaired) electrons. The summed E-state index contributed by atoms with van der Waals surface area (Å²) in [5.41, 5.74) is 0.232. The van der Waals surface area contributed by atoms with Crippen molar-refractivity contribution in [3.8, 4) is 11.8 Å². The summed E-state index contributed by atoms with van der Waals surface area (Å²) in [6.07, 6.45) is 2.55. The normalized spacial score (nSPS) is 22.4. The Hall–Kier alpha value is -2.96. The Balaban J connectivity index is 1.45. The number of benzene rings is 1. The van der Waals surface area contributed by atoms with Gasteiger partial charge in [0, 0.05) is 31.9 Å². The molecule has 8 nitrogen and oxygen atoms in total. The Morgan fingerprint density at radius 2 is 2.25 bits per heavy atom. The van der Waals surface area contributed by atoms with E-state index in [9.17, 15) is 14.4 Å². The maximum absolute atomic E-state index is 13.8. The molecule has 1 aromatic carbocycles. The second-order valence-electron chi connectivity index (χ2n) is 7.01. The number of fused-ring (bicyclic) bond motifs is 1. The Morgan fingerprint density at radius 3 is 3.07 bits per heavy atom. The van der Waals surface area contributed by atoms with Gasteiger partial charge in [0.1, 0.15) is 17.4 Å². The minimum Gasteiger partial charge on any atom is -0.375 e. The number of rotatable bonds is 2. The van der Waals surface area contributed by atoms with Crippen LogP contribution in [0.3, 0.4) is 0 Å². The molecule has 2 aliphatic heterocycles. The summed E-state index contributed by atoms with van der Waals surface area (Å²) in [7, 11) is 2.05. The highest BCUT2D eigenvalue weighted by atomic mass is 19.1. The topological polar surface area (TPSA) is 86.4 Å². The highest BCUT2D eigenvalue weighted by Crippen LogP contribution is 2.23. The summed E-state index contributed by atoms with van der Waals surface area (Å²) in [5.74, 6) is -0.267. The molecule has 2 atom stereocenters. The fourth-order valence-electron chi connectivity index (χ4n) is 3.75. The average molecular weight is 384 g/mol. The first-order valence-electron chi connectivity index (χ1n) is 9.19. The van der Waals surface area contributed by atoms with E-state index in [1.807, 2.05) is 6.07 Å². The van der Waals surface area contributed by atoms with Gasteiger partial charge in [-0.05, 0) is 25.6 Å². The monoisotopic (exact) mass is 384 g/mol. The van der Waals surface area contributed by atoms with E-state index in [1.54, 1.807) is 23.2 Å². The first kappa shape index (κ1) is 18.4. The number of morpholine rings is 1. The molecule has 2 aromatic rings. The maximum Gasteiger partial charge on any atom is 0.323 e. The van der Waals surface area contributed by atoms with Crippen molar-refractivity contribution >= 4 is 11.8 Å². The molecule has 3 heterocycles. The second kappa shape index (κ2) is 7.58. The predicted octanol–water partition coefficient (Wildman–Crippen LogP) is 1.82. The summed E-state index contributed by atoms with van der Waals surface area (Å²) in [6.45, 7) is 2.79. The number of halogens is 1. The smallest absolute Gasteiger partial charge is 0.323 e. The lowest BCUT2D eigenvalue weighted by molar-refractivity contribution is -0.0875. The molecule has 2 unspecified atom stereocenters. The third-order valence-corrected chi connectivity index (χ3v) is 5.32. The number of nitrogens with zero attached hydrogens (tertiary/aromatic N) is 5. The van der Waals surface area contributed by atoms with Crippen molar-refractivity contribution in [2.75, 3.05) is 38.6 Å². The number of ether oxygens (including phenoxy) is 1. The second-order valence-corrected chi connectivity index (χ2v) is 7.01. The number of likely N-dealkylation sites (N-methyl/N-ethyl adjacent to an activating group) is 1. The molecule has 0 bridgehead atoms. The molecule has 0 saturated carbocycles. The highest BCUT2D eigenvalue weighted by molar-refractivity contribution is 5.88. The van der Waals surface area contributed by atoms with Crippen LogP contribution in [-0.4, -0.2) is 71.0 Å². The zero-order valence-corrected chi connectivity index (χ0v) is 15.5. The highest BCUT2D eigenvalue weighted by Gasteiger charge is 2.37. The third kappa shape index (κ3) is 3.44. The van der Waals surface area contributed by atoms with Gasteiger partial charge in [-0.2, -0.15) is 5.26 Å². The Bertz CT molecular complexity index is 923. The number of amides is 2. The largest absolute Gasteiger partial charge is 0.375 e. The van der Waals surface area contributed by atoms with Gasteiger partial charge < -0.3 is 9.64 Å². The van der Waals surface area contributed by atoms with E-state index in [1.165, 1.54) is 16.8 Å². The number of anilines is 1. The van der Waals surface area contributed by atoms with Crippen LogP contribution in [0.15, 0.2) is 30.5 Å². The first-order valence-corrected chi connectivity index (χ1v) is 9.19. The number of carbonyl (C=O) groups is 1. The van der Waals surface area contributed by atoms with Crippen LogP contribution in [-0.2, 0) is 4.74 Å². The number of urea groups is 1. The van der Waals surface area contributed by atoms with Crippen LogP contribution in [0.5, 0.6) is 0 Å². The van der Waals surface area contributed by atoms with E-state index in [2.05, 4.69) is 22.4 Å². The number of aromatic nitrogens is 2. The standard InChI is InChI=1S/C19H21FN6O2/c1-24-9-10-28-17-5-7-25(12-16(17)24)19(27)22-18-6-8-26(23-18)15-4-2-3-14(20)13(15)11-21/h2-4,6,8,16-17H,5,7,9-10,12H2,1H3,(H,22,23,27). The molecule has 2 saturated heterocycles. The van der Waals surface area contributed by atoms with Crippen molar-refractivity contribution in [1.29, 1.82) is 5.26 Å². The molecule has 0 spiro atoms. The van der Waals surface area contributed by atoms with Crippen LogP contribution >= 0.6 is 0 Å². The summed E-state index contributed by atoms with van der Waals surface area (Å²) < 4.78 is 21.0. The quantitative estimate of drug-likeness (QED) is 0.854. The molecule has 28 heavy (non-hydrogen) atoms. The number of likely N-dealkylation sites (tertiary alicyclic amines) is 1. The molecule has 2 aliphatic rings. The van der Waals surface area contributed by atoms with Crippen LogP contribution in [0, 0.1) is 17.1 Å². The van der Waals surface area contributed by atoms with Gasteiger partial charge in [-0.25, -0.2) is 13.9 Å². The lowest BCUT2D eigenvalue weighted by atomic mass is 9.99. The van der Waals surface area contributed by atoms with E-state index < -0.39 is 5.82 Å². The lowest BCUT2D eigenvalue weighted by Gasteiger charge is -2.45. The van der Waals surface area contributed by atoms with Gasteiger partial charge in [-0.3, -0.25) is 10.2 Å². The van der Waals surface area contributed by atoms with Crippen LogP contribution in [0.2, 0.25) is 0 Å². The van der Waals surface area contributed by atoms with Gasteiger partial charge in [-0.1, -0.05) is 6.07 Å². The van der Waals surface area contributed by atoms with E-state index in [0.29, 0.717) is 24.6 Å². The molecular formula is C19H21FN6O2. The Kier molecular flexibility index (Phi) is 4.98. The molecule has 146 valence electrons. The van der Waals surface area contributed by atoms with Crippen molar-refractivity contribution in [3.63, 3.8) is 0 Å². The SMILES string of the molecule is CN1CCOC2CCN(C(=O)Nc3ccn(-c4cccc(F)c4C#N)n3)CC21. The molecular weight excluding hydrogens is 363 g/mol. The maximum atomic E-state index is 13.8. The molecule has 1 aromatic heterocycles. The number of piperidine rings is 1.